The van der Waals surface area contributed by atoms with Gasteiger partial charge in [0, 0.05) is 24.5 Å². The lowest BCUT2D eigenvalue weighted by atomic mass is 10.2. The van der Waals surface area contributed by atoms with Gasteiger partial charge in [0.15, 0.2) is 0 Å². The minimum Gasteiger partial charge on any atom is -0.472 e. The van der Waals surface area contributed by atoms with Crippen LogP contribution in [0.4, 0.5) is 11.4 Å². The maximum atomic E-state index is 12.0. The molecule has 3 rings (SSSR count). The summed E-state index contributed by atoms with van der Waals surface area (Å²) in [7, 11) is 0. The van der Waals surface area contributed by atoms with E-state index in [4.69, 9.17) is 9.15 Å². The molecular formula is C17H19N3O4. The largest absolute Gasteiger partial charge is 0.472 e. The summed E-state index contributed by atoms with van der Waals surface area (Å²) in [4.78, 5) is 26.0. The Morgan fingerprint density at radius 1 is 1.00 bits per heavy atom. The maximum Gasteiger partial charge on any atom is 0.258 e. The van der Waals surface area contributed by atoms with E-state index in [1.165, 1.54) is 12.5 Å². The van der Waals surface area contributed by atoms with Gasteiger partial charge in [0.1, 0.15) is 6.26 Å². The Bertz CT molecular complexity index is 676. The summed E-state index contributed by atoms with van der Waals surface area (Å²) < 4.78 is 10.1. The molecular weight excluding hydrogens is 310 g/mol. The molecule has 0 aliphatic carbocycles. The fourth-order valence-electron chi connectivity index (χ4n) is 2.40. The molecule has 24 heavy (non-hydrogen) atoms. The first-order valence-electron chi connectivity index (χ1n) is 7.74. The van der Waals surface area contributed by atoms with E-state index in [0.29, 0.717) is 36.7 Å². The fourth-order valence-corrected chi connectivity index (χ4v) is 2.40. The highest BCUT2D eigenvalue weighted by atomic mass is 16.5. The van der Waals surface area contributed by atoms with Crippen molar-refractivity contribution in [2.75, 3.05) is 43.5 Å². The molecule has 2 aromatic rings. The van der Waals surface area contributed by atoms with Gasteiger partial charge < -0.3 is 19.8 Å². The van der Waals surface area contributed by atoms with Crippen LogP contribution in [0.1, 0.15) is 10.4 Å². The second-order valence-corrected chi connectivity index (χ2v) is 5.48. The van der Waals surface area contributed by atoms with E-state index < -0.39 is 0 Å². The number of anilines is 2. The zero-order valence-corrected chi connectivity index (χ0v) is 13.2. The van der Waals surface area contributed by atoms with Crippen molar-refractivity contribution in [3.05, 3.63) is 48.4 Å². The van der Waals surface area contributed by atoms with E-state index >= 15 is 0 Å². The predicted molar refractivity (Wildman–Crippen MR) is 89.0 cm³/mol. The summed E-state index contributed by atoms with van der Waals surface area (Å²) >= 11 is 0. The van der Waals surface area contributed by atoms with Crippen molar-refractivity contribution in [1.82, 2.24) is 4.90 Å². The van der Waals surface area contributed by atoms with Crippen LogP contribution in [0.2, 0.25) is 0 Å². The third-order valence-corrected chi connectivity index (χ3v) is 3.68. The highest BCUT2D eigenvalue weighted by molar-refractivity contribution is 6.04. The second-order valence-electron chi connectivity index (χ2n) is 5.48. The minimum absolute atomic E-state index is 0.0629. The van der Waals surface area contributed by atoms with Crippen LogP contribution >= 0.6 is 0 Å². The molecule has 1 aromatic heterocycles. The molecule has 2 heterocycles. The zero-order valence-electron chi connectivity index (χ0n) is 13.2. The molecule has 126 valence electrons. The number of rotatable bonds is 5. The first kappa shape index (κ1) is 16.2. The Labute approximate surface area is 139 Å². The van der Waals surface area contributed by atoms with E-state index in [0.717, 1.165) is 13.1 Å². The van der Waals surface area contributed by atoms with Gasteiger partial charge in [-0.15, -0.1) is 0 Å². The van der Waals surface area contributed by atoms with Gasteiger partial charge in [-0.3, -0.25) is 14.5 Å². The Balaban J connectivity index is 1.50. The quantitative estimate of drug-likeness (QED) is 0.874. The normalized spacial score (nSPS) is 15.0. The number of hydrogen-bond acceptors (Lipinski definition) is 5. The lowest BCUT2D eigenvalue weighted by Gasteiger charge is -2.25. The van der Waals surface area contributed by atoms with Crippen LogP contribution in [0, 0.1) is 0 Å². The zero-order chi connectivity index (χ0) is 16.8. The van der Waals surface area contributed by atoms with Crippen LogP contribution in [-0.4, -0.2) is 49.6 Å². The summed E-state index contributed by atoms with van der Waals surface area (Å²) in [6, 6.07) is 8.57. The molecule has 2 amide bonds. The predicted octanol–water partition coefficient (Wildman–Crippen LogP) is 1.80. The highest BCUT2D eigenvalue weighted by Crippen LogP contribution is 2.15. The summed E-state index contributed by atoms with van der Waals surface area (Å²) in [6.45, 7) is 3.22. The van der Waals surface area contributed by atoms with Crippen molar-refractivity contribution < 1.29 is 18.7 Å². The molecule has 0 atom stereocenters. The number of amides is 2. The Morgan fingerprint density at radius 3 is 2.29 bits per heavy atom. The number of benzene rings is 1. The van der Waals surface area contributed by atoms with Crippen LogP contribution in [0.3, 0.4) is 0 Å². The molecule has 7 nitrogen and oxygen atoms in total. The van der Waals surface area contributed by atoms with Crippen molar-refractivity contribution in [3.63, 3.8) is 0 Å². The van der Waals surface area contributed by atoms with E-state index in [1.807, 2.05) is 0 Å². The van der Waals surface area contributed by atoms with Crippen molar-refractivity contribution in [2.24, 2.45) is 0 Å². The van der Waals surface area contributed by atoms with Crippen LogP contribution < -0.4 is 10.6 Å². The summed E-state index contributed by atoms with van der Waals surface area (Å²) in [5.74, 6) is -0.306. The summed E-state index contributed by atoms with van der Waals surface area (Å²) in [5.41, 5.74) is 1.79. The molecule has 1 aromatic carbocycles. The number of ether oxygens (including phenoxy) is 1. The van der Waals surface area contributed by atoms with Crippen LogP contribution in [0.15, 0.2) is 47.3 Å². The average molecular weight is 329 g/mol. The molecule has 2 N–H and O–H groups in total. The topological polar surface area (TPSA) is 83.8 Å². The molecule has 0 bridgehead atoms. The van der Waals surface area contributed by atoms with Gasteiger partial charge in [-0.2, -0.15) is 0 Å². The van der Waals surface area contributed by atoms with E-state index in [-0.39, 0.29) is 11.8 Å². The van der Waals surface area contributed by atoms with Crippen molar-refractivity contribution in [2.45, 2.75) is 0 Å². The molecule has 0 unspecified atom stereocenters. The molecule has 0 radical (unpaired) electrons. The van der Waals surface area contributed by atoms with Gasteiger partial charge in [-0.25, -0.2) is 0 Å². The lowest BCUT2D eigenvalue weighted by Crippen LogP contribution is -2.41. The Hall–Kier alpha value is -2.64. The van der Waals surface area contributed by atoms with Gasteiger partial charge >= 0.3 is 0 Å². The van der Waals surface area contributed by atoms with Crippen LogP contribution in [-0.2, 0) is 9.53 Å². The van der Waals surface area contributed by atoms with E-state index in [2.05, 4.69) is 15.5 Å². The number of hydrogen-bond donors (Lipinski definition) is 2. The number of morpholine rings is 1. The first-order chi connectivity index (χ1) is 11.7. The molecule has 0 spiro atoms. The fraction of sp³-hybridized carbons (Fsp3) is 0.294. The SMILES string of the molecule is O=C(CN1CCOCC1)Nc1ccc(NC(=O)c2ccoc2)cc1. The summed E-state index contributed by atoms with van der Waals surface area (Å²) in [6.07, 6.45) is 2.83. The van der Waals surface area contributed by atoms with Crippen LogP contribution in [0.25, 0.3) is 0 Å². The summed E-state index contributed by atoms with van der Waals surface area (Å²) in [5, 5.41) is 5.60. The van der Waals surface area contributed by atoms with E-state index in [9.17, 15) is 9.59 Å². The monoisotopic (exact) mass is 329 g/mol. The smallest absolute Gasteiger partial charge is 0.258 e. The molecule has 0 saturated carbocycles. The highest BCUT2D eigenvalue weighted by Gasteiger charge is 2.14. The molecule has 1 aliphatic rings. The number of carbonyl (C=O) groups is 2. The van der Waals surface area contributed by atoms with Gasteiger partial charge in [0.2, 0.25) is 5.91 Å². The average Bonchev–Trinajstić information content (AvgIpc) is 3.12. The maximum absolute atomic E-state index is 12.0. The third-order valence-electron chi connectivity index (χ3n) is 3.68. The molecule has 1 fully saturated rings. The minimum atomic E-state index is -0.243. The van der Waals surface area contributed by atoms with E-state index in [1.54, 1.807) is 30.3 Å². The van der Waals surface area contributed by atoms with Crippen molar-refractivity contribution in [3.8, 4) is 0 Å². The lowest BCUT2D eigenvalue weighted by molar-refractivity contribution is -0.118. The van der Waals surface area contributed by atoms with Gasteiger partial charge in [-0.05, 0) is 30.3 Å². The molecule has 7 heteroatoms. The van der Waals surface area contributed by atoms with Crippen LogP contribution in [0.5, 0.6) is 0 Å². The first-order valence-corrected chi connectivity index (χ1v) is 7.74. The molecule has 1 saturated heterocycles. The number of nitrogens with zero attached hydrogens (tertiary/aromatic N) is 1. The molecule has 1 aliphatic heterocycles. The number of furan rings is 1. The standard InChI is InChI=1S/C17H19N3O4/c21-16(11-20-6-9-23-10-7-20)18-14-1-3-15(4-2-14)19-17(22)13-5-8-24-12-13/h1-5,8,12H,6-7,9-11H2,(H,18,21)(H,19,22). The second kappa shape index (κ2) is 7.76. The number of nitrogens with one attached hydrogen (secondary N) is 2. The van der Waals surface area contributed by atoms with Crippen molar-refractivity contribution in [1.29, 1.82) is 0 Å². The van der Waals surface area contributed by atoms with Gasteiger partial charge in [-0.1, -0.05) is 0 Å². The van der Waals surface area contributed by atoms with Gasteiger partial charge in [0.25, 0.3) is 5.91 Å². The van der Waals surface area contributed by atoms with Gasteiger partial charge in [0.05, 0.1) is 31.6 Å². The third kappa shape index (κ3) is 4.43. The number of carbonyl (C=O) groups excluding carboxylic acids is 2. The Kier molecular flexibility index (Phi) is 5.25. The Morgan fingerprint density at radius 2 is 1.67 bits per heavy atom. The van der Waals surface area contributed by atoms with Crippen molar-refractivity contribution >= 4 is 23.2 Å².